The number of imidazole rings is 1. The van der Waals surface area contributed by atoms with E-state index < -0.39 is 0 Å². The average Bonchev–Trinajstić information content (AvgIpc) is 3.65. The number of benzene rings is 1. The number of aryl methyl sites for hydroxylation is 1. The lowest BCUT2D eigenvalue weighted by Crippen LogP contribution is -2.36. The number of nitrogens with zero attached hydrogens (tertiary/aromatic N) is 5. The molecule has 0 bridgehead atoms. The number of pyridine rings is 1. The van der Waals surface area contributed by atoms with Crippen LogP contribution in [0.15, 0.2) is 66.3 Å². The lowest BCUT2D eigenvalue weighted by Gasteiger charge is -2.27. The molecule has 9 heteroatoms. The molecule has 0 saturated heterocycles. The van der Waals surface area contributed by atoms with Crippen molar-refractivity contribution in [1.82, 2.24) is 24.1 Å². The molecule has 8 nitrogen and oxygen atoms in total. The van der Waals surface area contributed by atoms with E-state index in [-0.39, 0.29) is 17.2 Å². The molecule has 0 aliphatic carbocycles. The number of rotatable bonds is 4. The van der Waals surface area contributed by atoms with Crippen LogP contribution in [-0.2, 0) is 18.4 Å². The zero-order valence-corrected chi connectivity index (χ0v) is 23.2. The highest BCUT2D eigenvalue weighted by Crippen LogP contribution is 2.31. The number of hydrogen-bond acceptors (Lipinski definition) is 5. The number of thiophene rings is 1. The minimum Gasteiger partial charge on any atom is -0.332 e. The normalized spacial score (nSPS) is 13.5. The van der Waals surface area contributed by atoms with E-state index in [9.17, 15) is 9.59 Å². The highest BCUT2D eigenvalue weighted by Gasteiger charge is 2.29. The molecule has 4 aromatic heterocycles. The summed E-state index contributed by atoms with van der Waals surface area (Å²) in [4.78, 5) is 34.1. The molecule has 0 radical (unpaired) electrons. The number of carbonyl (C=O) groups excluding carboxylic acids is 2. The molecule has 39 heavy (non-hydrogen) atoms. The average molecular weight is 539 g/mol. The maximum atomic E-state index is 13.6. The predicted molar refractivity (Wildman–Crippen MR) is 153 cm³/mol. The third kappa shape index (κ3) is 4.63. The molecule has 5 aromatic rings. The first-order valence-corrected chi connectivity index (χ1v) is 13.9. The van der Waals surface area contributed by atoms with Crippen molar-refractivity contribution in [2.75, 3.05) is 11.9 Å². The number of aromatic nitrogens is 4. The summed E-state index contributed by atoms with van der Waals surface area (Å²) in [6.07, 6.45) is 4.10. The quantitative estimate of drug-likeness (QED) is 0.321. The lowest BCUT2D eigenvalue weighted by molar-refractivity contribution is 0.0730. The molecule has 0 atom stereocenters. The van der Waals surface area contributed by atoms with Gasteiger partial charge in [0, 0.05) is 34.5 Å². The van der Waals surface area contributed by atoms with Crippen LogP contribution in [0.5, 0.6) is 0 Å². The van der Waals surface area contributed by atoms with Gasteiger partial charge in [-0.25, -0.2) is 9.67 Å². The fraction of sp³-hybridized carbons (Fsp3) is 0.267. The van der Waals surface area contributed by atoms with E-state index in [1.54, 1.807) is 10.9 Å². The van der Waals surface area contributed by atoms with Crippen LogP contribution in [0, 0.1) is 6.92 Å². The number of hydrogen-bond donors (Lipinski definition) is 1. The first-order valence-electron chi connectivity index (χ1n) is 13.0. The van der Waals surface area contributed by atoms with Gasteiger partial charge in [0.05, 0.1) is 29.7 Å². The molecule has 198 valence electrons. The van der Waals surface area contributed by atoms with E-state index in [0.717, 1.165) is 33.0 Å². The fourth-order valence-corrected chi connectivity index (χ4v) is 5.94. The molecule has 0 saturated carbocycles. The summed E-state index contributed by atoms with van der Waals surface area (Å²) in [6, 6.07) is 15.7. The summed E-state index contributed by atoms with van der Waals surface area (Å²) in [6.45, 7) is 9.38. The van der Waals surface area contributed by atoms with Crippen molar-refractivity contribution in [3.05, 3.63) is 99.3 Å². The van der Waals surface area contributed by atoms with Gasteiger partial charge in [-0.1, -0.05) is 44.5 Å². The van der Waals surface area contributed by atoms with Gasteiger partial charge in [0.25, 0.3) is 11.8 Å². The van der Waals surface area contributed by atoms with Gasteiger partial charge in [-0.05, 0) is 43.2 Å². The van der Waals surface area contributed by atoms with E-state index in [4.69, 9.17) is 5.10 Å². The summed E-state index contributed by atoms with van der Waals surface area (Å²) in [5, 5.41) is 9.86. The summed E-state index contributed by atoms with van der Waals surface area (Å²) >= 11 is 1.52. The van der Waals surface area contributed by atoms with Crippen LogP contribution in [0.4, 0.5) is 5.82 Å². The molecule has 2 amide bonds. The Morgan fingerprint density at radius 2 is 1.87 bits per heavy atom. The van der Waals surface area contributed by atoms with Crippen molar-refractivity contribution in [1.29, 1.82) is 0 Å². The standard InChI is InChI=1S/C30H30N6O2S/c1-19-8-10-20(11-9-19)36-27(15-25(33-36)30(2,3)4)32-28(37)22-18-39-24-17-34(14-12-21(22)24)29(38)23-16-31-26-7-5-6-13-35(23)26/h5-11,13,15-16,18H,12,14,17H2,1-4H3,(H,32,37). The Kier molecular flexibility index (Phi) is 6.10. The summed E-state index contributed by atoms with van der Waals surface area (Å²) in [5.41, 5.74) is 5.73. The van der Waals surface area contributed by atoms with Gasteiger partial charge >= 0.3 is 0 Å². The van der Waals surface area contributed by atoms with E-state index in [0.29, 0.717) is 36.6 Å². The van der Waals surface area contributed by atoms with Crippen molar-refractivity contribution >= 4 is 34.6 Å². The van der Waals surface area contributed by atoms with Gasteiger partial charge in [-0.15, -0.1) is 11.3 Å². The second-order valence-corrected chi connectivity index (χ2v) is 11.9. The molecular formula is C30H30N6O2S. The zero-order chi connectivity index (χ0) is 27.3. The smallest absolute Gasteiger partial charge is 0.272 e. The van der Waals surface area contributed by atoms with Crippen LogP contribution in [-0.4, -0.2) is 42.4 Å². The van der Waals surface area contributed by atoms with E-state index >= 15 is 0 Å². The lowest BCUT2D eigenvalue weighted by atomic mass is 9.92. The van der Waals surface area contributed by atoms with E-state index in [1.807, 2.05) is 76.3 Å². The molecule has 1 aliphatic heterocycles. The number of carbonyl (C=O) groups is 2. The number of anilines is 1. The van der Waals surface area contributed by atoms with Crippen molar-refractivity contribution in [2.45, 2.75) is 46.1 Å². The molecule has 0 unspecified atom stereocenters. The Morgan fingerprint density at radius 3 is 2.64 bits per heavy atom. The highest BCUT2D eigenvalue weighted by molar-refractivity contribution is 7.10. The Labute approximate surface area is 230 Å². The third-order valence-corrected chi connectivity index (χ3v) is 8.13. The van der Waals surface area contributed by atoms with Gasteiger partial charge in [0.2, 0.25) is 0 Å². The number of amides is 2. The molecule has 0 fully saturated rings. The minimum absolute atomic E-state index is 0.0598. The second kappa shape index (κ2) is 9.50. The molecule has 1 N–H and O–H groups in total. The molecule has 1 aliphatic rings. The van der Waals surface area contributed by atoms with Crippen LogP contribution >= 0.6 is 11.3 Å². The van der Waals surface area contributed by atoms with Gasteiger partial charge in [-0.2, -0.15) is 5.10 Å². The Balaban J connectivity index is 1.24. The third-order valence-electron chi connectivity index (χ3n) is 7.11. The van der Waals surface area contributed by atoms with Crippen LogP contribution in [0.2, 0.25) is 0 Å². The van der Waals surface area contributed by atoms with Crippen LogP contribution in [0.1, 0.15) is 63.3 Å². The fourth-order valence-electron chi connectivity index (χ4n) is 4.85. The van der Waals surface area contributed by atoms with Crippen LogP contribution in [0.25, 0.3) is 11.3 Å². The Hall–Kier alpha value is -4.24. The van der Waals surface area contributed by atoms with Gasteiger partial charge in [0.15, 0.2) is 0 Å². The van der Waals surface area contributed by atoms with Crippen molar-refractivity contribution < 1.29 is 9.59 Å². The van der Waals surface area contributed by atoms with Gasteiger partial charge < -0.3 is 10.2 Å². The SMILES string of the molecule is Cc1ccc(-n2nc(C(C)(C)C)cc2NC(=O)c2csc3c2CCN(C(=O)c2cnc4ccccn24)C3)cc1. The molecular weight excluding hydrogens is 508 g/mol. The maximum Gasteiger partial charge on any atom is 0.272 e. The van der Waals surface area contributed by atoms with Crippen molar-refractivity contribution in [3.8, 4) is 5.69 Å². The molecule has 0 spiro atoms. The zero-order valence-electron chi connectivity index (χ0n) is 22.4. The van der Waals surface area contributed by atoms with Crippen LogP contribution < -0.4 is 5.32 Å². The molecule has 6 rings (SSSR count). The van der Waals surface area contributed by atoms with Crippen molar-refractivity contribution in [2.24, 2.45) is 0 Å². The molecule has 1 aromatic carbocycles. The van der Waals surface area contributed by atoms with Crippen molar-refractivity contribution in [3.63, 3.8) is 0 Å². The Morgan fingerprint density at radius 1 is 1.08 bits per heavy atom. The van der Waals surface area contributed by atoms with E-state index in [2.05, 4.69) is 31.1 Å². The van der Waals surface area contributed by atoms with Gasteiger partial charge in [0.1, 0.15) is 17.2 Å². The highest BCUT2D eigenvalue weighted by atomic mass is 32.1. The Bertz CT molecular complexity index is 1700. The first kappa shape index (κ1) is 25.1. The number of fused-ring (bicyclic) bond motifs is 2. The van der Waals surface area contributed by atoms with Gasteiger partial charge in [-0.3, -0.25) is 14.0 Å². The molecule has 5 heterocycles. The maximum absolute atomic E-state index is 13.6. The summed E-state index contributed by atoms with van der Waals surface area (Å²) in [7, 11) is 0. The monoisotopic (exact) mass is 538 g/mol. The topological polar surface area (TPSA) is 84.5 Å². The number of nitrogens with one attached hydrogen (secondary N) is 1. The minimum atomic E-state index is -0.173. The van der Waals surface area contributed by atoms with Crippen LogP contribution in [0.3, 0.4) is 0 Å². The first-order chi connectivity index (χ1) is 18.7. The van der Waals surface area contributed by atoms with E-state index in [1.165, 1.54) is 11.3 Å². The predicted octanol–water partition coefficient (Wildman–Crippen LogP) is 5.64. The summed E-state index contributed by atoms with van der Waals surface area (Å²) < 4.78 is 3.61. The second-order valence-electron chi connectivity index (χ2n) is 11.0. The largest absolute Gasteiger partial charge is 0.332 e. The summed E-state index contributed by atoms with van der Waals surface area (Å²) in [5.74, 6) is 0.409.